The predicted octanol–water partition coefficient (Wildman–Crippen LogP) is -0.0996. The maximum absolute atomic E-state index is 12.3. The summed E-state index contributed by atoms with van der Waals surface area (Å²) in [4.78, 5) is 35.0. The number of hydrogen-bond donors (Lipinski definition) is 2. The fourth-order valence-corrected chi connectivity index (χ4v) is 3.01. The SMILES string of the molecule is O=C(C(=O)C(O)O[n+]1cccc2ccccc21)C(O)O[n+]1cccc2ccccc21. The number of benzene rings is 2. The first-order valence-corrected chi connectivity index (χ1v) is 9.12. The molecule has 2 N–H and O–H groups in total. The third kappa shape index (κ3) is 3.82. The van der Waals surface area contributed by atoms with Gasteiger partial charge in [-0.05, 0) is 24.3 Å². The van der Waals surface area contributed by atoms with E-state index in [1.165, 1.54) is 21.9 Å². The van der Waals surface area contributed by atoms with Gasteiger partial charge in [0, 0.05) is 33.7 Å². The van der Waals surface area contributed by atoms with Gasteiger partial charge < -0.3 is 10.2 Å². The number of aliphatic hydroxyl groups is 2. The number of rotatable bonds is 7. The smallest absolute Gasteiger partial charge is 0.335 e. The van der Waals surface area contributed by atoms with Gasteiger partial charge in [0.25, 0.3) is 22.6 Å². The predicted molar refractivity (Wildman–Crippen MR) is 103 cm³/mol. The molecule has 0 bridgehead atoms. The zero-order valence-corrected chi connectivity index (χ0v) is 15.7. The average Bonchev–Trinajstić information content (AvgIpc) is 2.78. The van der Waals surface area contributed by atoms with E-state index < -0.39 is 24.1 Å². The van der Waals surface area contributed by atoms with E-state index in [1.807, 2.05) is 36.4 Å². The second-order valence-corrected chi connectivity index (χ2v) is 6.43. The standard InChI is InChI=1S/C22H18N2O6/c25-19(21(27)29-23-13-5-9-15-7-1-3-11-17(15)23)20(26)22(28)30-24-14-6-10-16-8-2-4-12-18(16)24/h1-14,21-22,27-28H/q+2. The Bertz CT molecular complexity index is 1130. The molecule has 0 aliphatic heterocycles. The number of para-hydroxylation sites is 2. The van der Waals surface area contributed by atoms with Crippen LogP contribution in [-0.4, -0.2) is 34.4 Å². The molecule has 0 aliphatic rings. The monoisotopic (exact) mass is 406 g/mol. The molecule has 2 unspecified atom stereocenters. The number of pyridine rings is 2. The summed E-state index contributed by atoms with van der Waals surface area (Å²) in [6.07, 6.45) is -1.27. The molecule has 2 aromatic carbocycles. The first kappa shape index (κ1) is 19.4. The molecule has 8 heteroatoms. The molecule has 4 aromatic rings. The highest BCUT2D eigenvalue weighted by Gasteiger charge is 2.37. The van der Waals surface area contributed by atoms with Gasteiger partial charge in [-0.25, -0.2) is 9.68 Å². The lowest BCUT2D eigenvalue weighted by Gasteiger charge is -2.09. The van der Waals surface area contributed by atoms with Crippen LogP contribution in [0.5, 0.6) is 0 Å². The van der Waals surface area contributed by atoms with Crippen LogP contribution in [0.25, 0.3) is 21.8 Å². The van der Waals surface area contributed by atoms with Gasteiger partial charge in [0.15, 0.2) is 0 Å². The highest BCUT2D eigenvalue weighted by Crippen LogP contribution is 2.08. The van der Waals surface area contributed by atoms with Crippen molar-refractivity contribution in [3.8, 4) is 0 Å². The van der Waals surface area contributed by atoms with Gasteiger partial charge >= 0.3 is 12.6 Å². The maximum atomic E-state index is 12.3. The van der Waals surface area contributed by atoms with E-state index in [2.05, 4.69) is 0 Å². The number of fused-ring (bicyclic) bond motifs is 2. The van der Waals surface area contributed by atoms with E-state index in [0.717, 1.165) is 10.8 Å². The molecule has 0 aliphatic carbocycles. The van der Waals surface area contributed by atoms with Gasteiger partial charge in [-0.15, -0.1) is 0 Å². The van der Waals surface area contributed by atoms with Gasteiger partial charge in [0.2, 0.25) is 12.4 Å². The van der Waals surface area contributed by atoms with Crippen molar-refractivity contribution in [2.24, 2.45) is 0 Å². The Balaban J connectivity index is 1.49. The van der Waals surface area contributed by atoms with Crippen molar-refractivity contribution in [2.45, 2.75) is 12.6 Å². The molecule has 30 heavy (non-hydrogen) atoms. The number of aliphatic hydroxyl groups excluding tert-OH is 2. The molecule has 0 fully saturated rings. The van der Waals surface area contributed by atoms with Crippen molar-refractivity contribution >= 4 is 33.4 Å². The normalized spacial score (nSPS) is 13.0. The Hall–Kier alpha value is -3.88. The van der Waals surface area contributed by atoms with Crippen molar-refractivity contribution < 1.29 is 38.9 Å². The minimum absolute atomic E-state index is 0.586. The van der Waals surface area contributed by atoms with E-state index in [-0.39, 0.29) is 0 Å². The lowest BCUT2D eigenvalue weighted by atomic mass is 10.2. The minimum Gasteiger partial charge on any atom is -0.347 e. The van der Waals surface area contributed by atoms with Crippen molar-refractivity contribution in [3.63, 3.8) is 0 Å². The minimum atomic E-state index is -2.12. The summed E-state index contributed by atoms with van der Waals surface area (Å²) in [5, 5.41) is 21.8. The van der Waals surface area contributed by atoms with E-state index in [9.17, 15) is 19.8 Å². The second-order valence-electron chi connectivity index (χ2n) is 6.43. The van der Waals surface area contributed by atoms with Crippen molar-refractivity contribution in [3.05, 3.63) is 85.2 Å². The van der Waals surface area contributed by atoms with Gasteiger partial charge in [-0.1, -0.05) is 24.3 Å². The Labute approximate surface area is 170 Å². The summed E-state index contributed by atoms with van der Waals surface area (Å²) in [5.41, 5.74) is 1.17. The lowest BCUT2D eigenvalue weighted by Crippen LogP contribution is -2.56. The molecule has 0 saturated carbocycles. The van der Waals surface area contributed by atoms with E-state index in [1.54, 1.807) is 36.4 Å². The van der Waals surface area contributed by atoms with Crippen LogP contribution in [0.1, 0.15) is 0 Å². The molecule has 2 atom stereocenters. The Morgan fingerprint density at radius 3 is 1.43 bits per heavy atom. The molecular weight excluding hydrogens is 388 g/mol. The van der Waals surface area contributed by atoms with Crippen LogP contribution in [0.2, 0.25) is 0 Å². The fourth-order valence-electron chi connectivity index (χ4n) is 3.01. The summed E-state index contributed by atoms with van der Waals surface area (Å²) < 4.78 is 2.36. The first-order chi connectivity index (χ1) is 14.5. The molecule has 0 saturated heterocycles. The van der Waals surface area contributed by atoms with E-state index in [4.69, 9.17) is 9.68 Å². The molecule has 150 valence electrons. The third-order valence-electron chi connectivity index (χ3n) is 4.46. The van der Waals surface area contributed by atoms with E-state index in [0.29, 0.717) is 11.0 Å². The molecule has 2 heterocycles. The first-order valence-electron chi connectivity index (χ1n) is 9.12. The fraction of sp³-hybridized carbons (Fsp3) is 0.0909. The van der Waals surface area contributed by atoms with Crippen molar-refractivity contribution in [1.29, 1.82) is 0 Å². The van der Waals surface area contributed by atoms with Crippen molar-refractivity contribution in [2.75, 3.05) is 0 Å². The molecule has 0 spiro atoms. The Kier molecular flexibility index (Phi) is 5.34. The van der Waals surface area contributed by atoms with Gasteiger partial charge in [0.1, 0.15) is 0 Å². The number of ketones is 2. The molecular formula is C22H18N2O6+2. The number of Topliss-reactive ketones (excluding diaryl/α,β-unsaturated/α-hetero) is 2. The van der Waals surface area contributed by atoms with Gasteiger partial charge in [0.05, 0.1) is 10.8 Å². The lowest BCUT2D eigenvalue weighted by molar-refractivity contribution is -0.884. The largest absolute Gasteiger partial charge is 0.347 e. The number of carbonyl (C=O) groups is 2. The summed E-state index contributed by atoms with van der Waals surface area (Å²) in [7, 11) is 0. The molecule has 8 nitrogen and oxygen atoms in total. The molecule has 0 amide bonds. The van der Waals surface area contributed by atoms with Crippen LogP contribution in [0.3, 0.4) is 0 Å². The Morgan fingerprint density at radius 1 is 0.633 bits per heavy atom. The third-order valence-corrected chi connectivity index (χ3v) is 4.46. The van der Waals surface area contributed by atoms with Gasteiger partial charge in [-0.2, -0.15) is 0 Å². The summed E-state index contributed by atoms with van der Waals surface area (Å²) >= 11 is 0. The van der Waals surface area contributed by atoms with Crippen LogP contribution >= 0.6 is 0 Å². The molecule has 4 rings (SSSR count). The molecule has 0 radical (unpaired) electrons. The van der Waals surface area contributed by atoms with E-state index >= 15 is 0 Å². The molecule has 2 aromatic heterocycles. The second kappa shape index (κ2) is 8.24. The van der Waals surface area contributed by atoms with Crippen LogP contribution in [0, 0.1) is 0 Å². The highest BCUT2D eigenvalue weighted by molar-refractivity contribution is 6.39. The highest BCUT2D eigenvalue weighted by atomic mass is 16.7. The van der Waals surface area contributed by atoms with Crippen LogP contribution in [-0.2, 0) is 9.59 Å². The van der Waals surface area contributed by atoms with Crippen molar-refractivity contribution in [1.82, 2.24) is 0 Å². The van der Waals surface area contributed by atoms with Gasteiger partial charge in [-0.3, -0.25) is 9.59 Å². The van der Waals surface area contributed by atoms with Crippen LogP contribution in [0.15, 0.2) is 85.2 Å². The zero-order chi connectivity index (χ0) is 21.1. The zero-order valence-electron chi connectivity index (χ0n) is 15.7. The summed E-state index contributed by atoms with van der Waals surface area (Å²) in [6, 6.07) is 21.3. The Morgan fingerprint density at radius 2 is 1.00 bits per heavy atom. The average molecular weight is 406 g/mol. The summed E-state index contributed by atoms with van der Waals surface area (Å²) in [5.74, 6) is -2.69. The quantitative estimate of drug-likeness (QED) is 0.253. The topological polar surface area (TPSA) is 101 Å². The number of aromatic nitrogens is 2. The number of nitrogens with zero attached hydrogens (tertiary/aromatic N) is 2. The van der Waals surface area contributed by atoms with Crippen LogP contribution in [0.4, 0.5) is 0 Å². The summed E-state index contributed by atoms with van der Waals surface area (Å²) in [6.45, 7) is 0. The maximum Gasteiger partial charge on any atom is 0.335 e. The van der Waals surface area contributed by atoms with Crippen LogP contribution < -0.4 is 19.1 Å². The number of hydrogen-bond acceptors (Lipinski definition) is 6. The number of carbonyl (C=O) groups excluding carboxylic acids is 2.